The summed E-state index contributed by atoms with van der Waals surface area (Å²) in [7, 11) is 0. The van der Waals surface area contributed by atoms with Crippen molar-refractivity contribution in [3.63, 3.8) is 0 Å². The van der Waals surface area contributed by atoms with Crippen LogP contribution in [0.1, 0.15) is 264 Å². The molecule has 2 rings (SSSR count). The van der Waals surface area contributed by atoms with Crippen molar-refractivity contribution in [2.24, 2.45) is 0 Å². The van der Waals surface area contributed by atoms with Crippen LogP contribution in [0.2, 0.25) is 0 Å². The van der Waals surface area contributed by atoms with E-state index in [9.17, 15) is 45.6 Å². The van der Waals surface area contributed by atoms with Gasteiger partial charge in [0.25, 0.3) is 0 Å². The monoisotopic (exact) mass is 1150 g/mol. The third-order valence-corrected chi connectivity index (χ3v) is 16.0. The maximum absolute atomic E-state index is 13.3. The number of aliphatic hydroxyl groups excluding tert-OH is 8. The molecule has 0 aromatic heterocycles. The number of hydrogen-bond acceptors (Lipinski definition) is 13. The Hall–Kier alpha value is -2.31. The number of aliphatic hydroxyl groups is 8. The minimum Gasteiger partial charge on any atom is -0.394 e. The van der Waals surface area contributed by atoms with Crippen LogP contribution in [0.5, 0.6) is 0 Å². The molecule has 12 atom stereocenters. The van der Waals surface area contributed by atoms with E-state index in [4.69, 9.17) is 18.9 Å². The zero-order valence-electron chi connectivity index (χ0n) is 51.0. The molecule has 0 saturated carbocycles. The molecule has 0 aromatic carbocycles. The van der Waals surface area contributed by atoms with Crippen LogP contribution in [0.3, 0.4) is 0 Å². The molecular weight excluding hydrogens is 1030 g/mol. The number of carbonyl (C=O) groups excluding carboxylic acids is 1. The maximum Gasteiger partial charge on any atom is 0.220 e. The molecule has 0 bridgehead atoms. The molecule has 2 saturated heterocycles. The van der Waals surface area contributed by atoms with E-state index in [1.165, 1.54) is 173 Å². The van der Waals surface area contributed by atoms with Gasteiger partial charge in [-0.15, -0.1) is 0 Å². The summed E-state index contributed by atoms with van der Waals surface area (Å²) < 4.78 is 22.8. The van der Waals surface area contributed by atoms with Gasteiger partial charge in [-0.1, -0.05) is 261 Å². The highest BCUT2D eigenvalue weighted by Gasteiger charge is 2.51. The number of hydrogen-bond donors (Lipinski definition) is 9. The minimum absolute atomic E-state index is 0.238. The first kappa shape index (κ1) is 74.8. The summed E-state index contributed by atoms with van der Waals surface area (Å²) in [5.41, 5.74) is 0. The Morgan fingerprint density at radius 1 is 0.457 bits per heavy atom. The van der Waals surface area contributed by atoms with Gasteiger partial charge in [-0.2, -0.15) is 0 Å². The van der Waals surface area contributed by atoms with Crippen molar-refractivity contribution in [1.29, 1.82) is 0 Å². The fraction of sp³-hybridized carbons (Fsp3) is 0.836. The molecule has 81 heavy (non-hydrogen) atoms. The van der Waals surface area contributed by atoms with Gasteiger partial charge in [0.2, 0.25) is 5.91 Å². The predicted molar refractivity (Wildman–Crippen MR) is 327 cm³/mol. The van der Waals surface area contributed by atoms with Gasteiger partial charge >= 0.3 is 0 Å². The van der Waals surface area contributed by atoms with E-state index < -0.39 is 86.8 Å². The van der Waals surface area contributed by atoms with Crippen molar-refractivity contribution in [3.05, 3.63) is 60.8 Å². The molecule has 14 heteroatoms. The Morgan fingerprint density at radius 2 is 0.852 bits per heavy atom. The molecule has 0 aromatic rings. The first-order valence-electron chi connectivity index (χ1n) is 33.0. The van der Waals surface area contributed by atoms with E-state index in [1.807, 2.05) is 6.08 Å². The summed E-state index contributed by atoms with van der Waals surface area (Å²) >= 11 is 0. The van der Waals surface area contributed by atoms with Crippen molar-refractivity contribution in [3.8, 4) is 0 Å². The summed E-state index contributed by atoms with van der Waals surface area (Å²) in [5, 5.41) is 87.1. The number of amides is 1. The van der Waals surface area contributed by atoms with Gasteiger partial charge in [0, 0.05) is 6.42 Å². The van der Waals surface area contributed by atoms with E-state index in [1.54, 1.807) is 6.08 Å². The average Bonchev–Trinajstić information content (AvgIpc) is 3.46. The molecular formula is C67H121NO13. The zero-order chi connectivity index (χ0) is 58.8. The molecule has 14 nitrogen and oxygen atoms in total. The summed E-state index contributed by atoms with van der Waals surface area (Å²) in [4.78, 5) is 13.3. The number of allylic oxidation sites excluding steroid dienone is 9. The fourth-order valence-corrected chi connectivity index (χ4v) is 10.7. The molecule has 2 fully saturated rings. The van der Waals surface area contributed by atoms with Crippen molar-refractivity contribution >= 4 is 5.91 Å². The molecule has 2 heterocycles. The van der Waals surface area contributed by atoms with E-state index in [2.05, 4.69) is 67.8 Å². The Balaban J connectivity index is 1.59. The second-order valence-electron chi connectivity index (χ2n) is 23.2. The third kappa shape index (κ3) is 37.0. The van der Waals surface area contributed by atoms with Crippen LogP contribution < -0.4 is 5.32 Å². The van der Waals surface area contributed by atoms with Crippen LogP contribution in [0, 0.1) is 0 Å². The van der Waals surface area contributed by atoms with Gasteiger partial charge in [-0.3, -0.25) is 4.79 Å². The number of unbranched alkanes of at least 4 members (excludes halogenated alkanes) is 32. The molecule has 2 aliphatic rings. The smallest absolute Gasteiger partial charge is 0.220 e. The predicted octanol–water partition coefficient (Wildman–Crippen LogP) is 12.5. The Labute approximate surface area is 492 Å². The van der Waals surface area contributed by atoms with Crippen LogP contribution in [0.25, 0.3) is 0 Å². The summed E-state index contributed by atoms with van der Waals surface area (Å²) in [5.74, 6) is -0.238. The van der Waals surface area contributed by atoms with Crippen molar-refractivity contribution in [2.75, 3.05) is 19.8 Å². The summed E-state index contributed by atoms with van der Waals surface area (Å²) in [6.07, 6.45) is 51.5. The highest BCUT2D eigenvalue weighted by Crippen LogP contribution is 2.30. The normalized spacial score (nSPS) is 24.5. The van der Waals surface area contributed by atoms with Crippen LogP contribution in [0.15, 0.2) is 60.8 Å². The van der Waals surface area contributed by atoms with Crippen LogP contribution in [-0.4, -0.2) is 140 Å². The Morgan fingerprint density at radius 3 is 1.31 bits per heavy atom. The lowest BCUT2D eigenvalue weighted by Gasteiger charge is -2.46. The van der Waals surface area contributed by atoms with Gasteiger partial charge in [0.15, 0.2) is 12.6 Å². The molecule has 1 amide bonds. The lowest BCUT2D eigenvalue weighted by Crippen LogP contribution is -2.65. The van der Waals surface area contributed by atoms with E-state index in [0.717, 1.165) is 64.2 Å². The van der Waals surface area contributed by atoms with Gasteiger partial charge in [-0.05, 0) is 57.8 Å². The SMILES string of the molecule is CC/C=C\C/C=C\C/C=C\C/C=C\CCCCCCCCCCCCCCCCCCCCCCCCC(=O)NC(COC1OC(CO)C(OC2OC(CO)C(O)C(O)C2O)C(O)C1O)C(O)/C=C/CCCCCCCCCCCC. The lowest BCUT2D eigenvalue weighted by molar-refractivity contribution is -0.359. The van der Waals surface area contributed by atoms with Gasteiger partial charge < -0.3 is 65.1 Å². The van der Waals surface area contributed by atoms with Crippen LogP contribution in [0.4, 0.5) is 0 Å². The van der Waals surface area contributed by atoms with E-state index >= 15 is 0 Å². The molecule has 0 aliphatic carbocycles. The van der Waals surface area contributed by atoms with Crippen LogP contribution >= 0.6 is 0 Å². The number of carbonyl (C=O) groups is 1. The second kappa shape index (κ2) is 52.1. The molecule has 0 spiro atoms. The van der Waals surface area contributed by atoms with Crippen molar-refractivity contribution < 1.29 is 64.6 Å². The highest BCUT2D eigenvalue weighted by molar-refractivity contribution is 5.76. The average molecular weight is 1150 g/mol. The van der Waals surface area contributed by atoms with Gasteiger partial charge in [-0.25, -0.2) is 0 Å². The topological polar surface area (TPSA) is 228 Å². The minimum atomic E-state index is -1.79. The Bertz CT molecular complexity index is 1590. The summed E-state index contributed by atoms with van der Waals surface area (Å²) in [6.45, 7) is 2.69. The number of ether oxygens (including phenoxy) is 4. The summed E-state index contributed by atoms with van der Waals surface area (Å²) in [6, 6.07) is -0.913. The molecule has 472 valence electrons. The first-order valence-corrected chi connectivity index (χ1v) is 33.0. The highest BCUT2D eigenvalue weighted by atomic mass is 16.7. The lowest BCUT2D eigenvalue weighted by atomic mass is 9.97. The standard InChI is InChI=1S/C67H121NO13/c1-3-5-7-9-11-13-15-17-18-19-20-21-22-23-24-25-26-27-28-29-30-31-32-33-34-35-36-37-38-39-41-43-45-47-49-51-59(72)68-55(56(71)50-48-46-44-42-40-16-14-12-10-8-6-4-2)54-78-66-64(77)62(75)65(58(53-70)80-66)81-67-63(76)61(74)60(73)57(52-69)79-67/h5,7,11,13,17-18,20-21,48,50,55-58,60-67,69-71,73-77H,3-4,6,8-10,12,14-16,19,22-47,49,51-54H2,1-2H3,(H,68,72)/b7-5-,13-11-,18-17-,21-20-,50-48+. The largest absolute Gasteiger partial charge is 0.394 e. The second-order valence-corrected chi connectivity index (χ2v) is 23.2. The zero-order valence-corrected chi connectivity index (χ0v) is 51.0. The van der Waals surface area contributed by atoms with E-state index in [-0.39, 0.29) is 18.9 Å². The van der Waals surface area contributed by atoms with Crippen LogP contribution in [-0.2, 0) is 23.7 Å². The van der Waals surface area contributed by atoms with E-state index in [0.29, 0.717) is 6.42 Å². The number of nitrogens with one attached hydrogen (secondary N) is 1. The molecule has 9 N–H and O–H groups in total. The fourth-order valence-electron chi connectivity index (χ4n) is 10.7. The number of rotatable bonds is 53. The maximum atomic E-state index is 13.3. The third-order valence-electron chi connectivity index (χ3n) is 16.0. The van der Waals surface area contributed by atoms with Crippen molar-refractivity contribution in [1.82, 2.24) is 5.32 Å². The first-order chi connectivity index (χ1) is 39.6. The molecule has 0 radical (unpaired) electrons. The van der Waals surface area contributed by atoms with Crippen molar-refractivity contribution in [2.45, 2.75) is 338 Å². The molecule has 12 unspecified atom stereocenters. The Kier molecular flexibility index (Phi) is 48.1. The molecule has 2 aliphatic heterocycles. The van der Waals surface area contributed by atoms with Gasteiger partial charge in [0.05, 0.1) is 32.0 Å². The quantitative estimate of drug-likeness (QED) is 0.0204. The van der Waals surface area contributed by atoms with Gasteiger partial charge in [0.1, 0.15) is 48.8 Å².